The van der Waals surface area contributed by atoms with Crippen LogP contribution in [0.1, 0.15) is 33.6 Å². The van der Waals surface area contributed by atoms with Crippen molar-refractivity contribution in [3.8, 4) is 0 Å². The summed E-state index contributed by atoms with van der Waals surface area (Å²) < 4.78 is 5.18. The smallest absolute Gasteiger partial charge is 0.407 e. The molecule has 0 saturated carbocycles. The Morgan fingerprint density at radius 2 is 1.64 bits per heavy atom. The van der Waals surface area contributed by atoms with Crippen LogP contribution < -0.4 is 5.32 Å². The zero-order valence-electron chi connectivity index (χ0n) is 13.9. The van der Waals surface area contributed by atoms with Crippen LogP contribution in [0.5, 0.6) is 0 Å². The predicted octanol–water partition coefficient (Wildman–Crippen LogP) is 0.994. The minimum Gasteiger partial charge on any atom is -0.481 e. The van der Waals surface area contributed by atoms with Gasteiger partial charge in [-0.25, -0.2) is 4.79 Å². The summed E-state index contributed by atoms with van der Waals surface area (Å²) in [4.78, 5) is 26.6. The highest BCUT2D eigenvalue weighted by molar-refractivity contribution is 5.67. The van der Waals surface area contributed by atoms with Gasteiger partial charge in [-0.2, -0.15) is 0 Å². The lowest BCUT2D eigenvalue weighted by atomic mass is 10.2. The molecule has 0 aromatic heterocycles. The first-order valence-corrected chi connectivity index (χ1v) is 7.89. The molecular formula is C15H29N3O4. The molecule has 2 N–H and O–H groups in total. The fourth-order valence-corrected chi connectivity index (χ4v) is 2.32. The van der Waals surface area contributed by atoms with E-state index in [-0.39, 0.29) is 12.5 Å². The SMILES string of the molecule is CC(C)(C)OC(=O)NCCN1CCN(CCCC(=O)O)CC1. The van der Waals surface area contributed by atoms with Crippen molar-refractivity contribution < 1.29 is 19.4 Å². The molecule has 1 aliphatic heterocycles. The van der Waals surface area contributed by atoms with E-state index in [0.29, 0.717) is 13.0 Å². The zero-order valence-corrected chi connectivity index (χ0v) is 13.9. The summed E-state index contributed by atoms with van der Waals surface area (Å²) in [6, 6.07) is 0. The first-order chi connectivity index (χ1) is 10.3. The van der Waals surface area contributed by atoms with Gasteiger partial charge in [0.2, 0.25) is 0 Å². The van der Waals surface area contributed by atoms with E-state index in [1.165, 1.54) is 0 Å². The summed E-state index contributed by atoms with van der Waals surface area (Å²) in [5.41, 5.74) is -0.467. The molecule has 0 aliphatic carbocycles. The number of nitrogens with one attached hydrogen (secondary N) is 1. The number of carbonyl (C=O) groups is 2. The summed E-state index contributed by atoms with van der Waals surface area (Å²) >= 11 is 0. The van der Waals surface area contributed by atoms with Gasteiger partial charge in [0.15, 0.2) is 0 Å². The maximum Gasteiger partial charge on any atom is 0.407 e. The van der Waals surface area contributed by atoms with Gasteiger partial charge in [-0.15, -0.1) is 0 Å². The molecule has 22 heavy (non-hydrogen) atoms. The molecule has 0 aromatic rings. The van der Waals surface area contributed by atoms with E-state index < -0.39 is 11.6 Å². The van der Waals surface area contributed by atoms with Crippen molar-refractivity contribution in [1.29, 1.82) is 0 Å². The Morgan fingerprint density at radius 3 is 2.14 bits per heavy atom. The largest absolute Gasteiger partial charge is 0.481 e. The maximum atomic E-state index is 11.5. The number of nitrogens with zero attached hydrogens (tertiary/aromatic N) is 2. The van der Waals surface area contributed by atoms with Crippen LogP contribution in [0.3, 0.4) is 0 Å². The van der Waals surface area contributed by atoms with Crippen molar-refractivity contribution in [3.05, 3.63) is 0 Å². The number of piperazine rings is 1. The number of hydrogen-bond donors (Lipinski definition) is 2. The molecule has 1 heterocycles. The minimum atomic E-state index is -0.730. The second-order valence-corrected chi connectivity index (χ2v) is 6.61. The van der Waals surface area contributed by atoms with Crippen LogP contribution >= 0.6 is 0 Å². The van der Waals surface area contributed by atoms with E-state index >= 15 is 0 Å². The number of amides is 1. The van der Waals surface area contributed by atoms with Gasteiger partial charge in [0.25, 0.3) is 0 Å². The van der Waals surface area contributed by atoms with E-state index in [9.17, 15) is 9.59 Å². The maximum absolute atomic E-state index is 11.5. The number of rotatable bonds is 7. The Morgan fingerprint density at radius 1 is 1.09 bits per heavy atom. The number of hydrogen-bond acceptors (Lipinski definition) is 5. The molecule has 128 valence electrons. The van der Waals surface area contributed by atoms with Gasteiger partial charge in [-0.05, 0) is 33.7 Å². The van der Waals surface area contributed by atoms with E-state index in [0.717, 1.165) is 39.3 Å². The number of carboxylic acids is 1. The third kappa shape index (κ3) is 8.84. The molecule has 1 saturated heterocycles. The summed E-state index contributed by atoms with van der Waals surface area (Å²) in [7, 11) is 0. The van der Waals surface area contributed by atoms with Crippen molar-refractivity contribution in [2.75, 3.05) is 45.8 Å². The Balaban J connectivity index is 2.08. The van der Waals surface area contributed by atoms with Crippen molar-refractivity contribution in [2.45, 2.75) is 39.2 Å². The van der Waals surface area contributed by atoms with E-state index in [1.54, 1.807) is 0 Å². The van der Waals surface area contributed by atoms with Gasteiger partial charge in [0.05, 0.1) is 0 Å². The molecule has 0 radical (unpaired) electrons. The molecular weight excluding hydrogens is 286 g/mol. The number of carboxylic acid groups (broad SMARTS) is 1. The molecule has 0 unspecified atom stereocenters. The molecule has 7 nitrogen and oxygen atoms in total. The summed E-state index contributed by atoms with van der Waals surface area (Å²) in [5.74, 6) is -0.730. The number of aliphatic carboxylic acids is 1. The summed E-state index contributed by atoms with van der Waals surface area (Å²) in [5, 5.41) is 11.4. The van der Waals surface area contributed by atoms with Crippen LogP contribution in [0.4, 0.5) is 4.79 Å². The minimum absolute atomic E-state index is 0.236. The van der Waals surface area contributed by atoms with Crippen LogP contribution in [0, 0.1) is 0 Å². The molecule has 1 amide bonds. The number of alkyl carbamates (subject to hydrolysis) is 1. The van der Waals surface area contributed by atoms with Crippen LogP contribution in [0.2, 0.25) is 0 Å². The summed E-state index contributed by atoms with van der Waals surface area (Å²) in [6.45, 7) is 11.6. The van der Waals surface area contributed by atoms with Gasteiger partial charge in [0.1, 0.15) is 5.60 Å². The van der Waals surface area contributed by atoms with E-state index in [4.69, 9.17) is 9.84 Å². The lowest BCUT2D eigenvalue weighted by Gasteiger charge is -2.34. The molecule has 1 fully saturated rings. The van der Waals surface area contributed by atoms with Gasteiger partial charge in [-0.1, -0.05) is 0 Å². The molecule has 0 aromatic carbocycles. The second kappa shape index (κ2) is 8.95. The van der Waals surface area contributed by atoms with Crippen LogP contribution in [0.15, 0.2) is 0 Å². The fraction of sp³-hybridized carbons (Fsp3) is 0.867. The topological polar surface area (TPSA) is 82.1 Å². The highest BCUT2D eigenvalue weighted by atomic mass is 16.6. The second-order valence-electron chi connectivity index (χ2n) is 6.61. The van der Waals surface area contributed by atoms with Crippen molar-refractivity contribution in [3.63, 3.8) is 0 Å². The van der Waals surface area contributed by atoms with E-state index in [2.05, 4.69) is 15.1 Å². The first-order valence-electron chi connectivity index (χ1n) is 7.89. The Bertz CT molecular complexity index is 360. The lowest BCUT2D eigenvalue weighted by molar-refractivity contribution is -0.137. The van der Waals surface area contributed by atoms with Gasteiger partial charge in [0, 0.05) is 45.7 Å². The molecule has 0 bridgehead atoms. The van der Waals surface area contributed by atoms with Gasteiger partial charge >= 0.3 is 12.1 Å². The monoisotopic (exact) mass is 315 g/mol. The van der Waals surface area contributed by atoms with Gasteiger partial charge < -0.3 is 20.1 Å². The molecule has 1 rings (SSSR count). The highest BCUT2D eigenvalue weighted by Gasteiger charge is 2.18. The number of ether oxygens (including phenoxy) is 1. The lowest BCUT2D eigenvalue weighted by Crippen LogP contribution is -2.48. The fourth-order valence-electron chi connectivity index (χ4n) is 2.32. The average Bonchev–Trinajstić information content (AvgIpc) is 2.38. The standard InChI is InChI=1S/C15H29N3O4/c1-15(2,3)22-14(21)16-6-8-18-11-9-17(10-12-18)7-4-5-13(19)20/h4-12H2,1-3H3,(H,16,21)(H,19,20). The van der Waals surface area contributed by atoms with Crippen molar-refractivity contribution >= 4 is 12.1 Å². The Labute approximate surface area is 132 Å². The molecule has 1 aliphatic rings. The average molecular weight is 315 g/mol. The van der Waals surface area contributed by atoms with Crippen molar-refractivity contribution in [2.24, 2.45) is 0 Å². The number of carbonyl (C=O) groups excluding carboxylic acids is 1. The highest BCUT2D eigenvalue weighted by Crippen LogP contribution is 2.06. The third-order valence-corrected chi connectivity index (χ3v) is 3.43. The van der Waals surface area contributed by atoms with Crippen LogP contribution in [-0.2, 0) is 9.53 Å². The molecule has 0 spiro atoms. The van der Waals surface area contributed by atoms with Crippen molar-refractivity contribution in [1.82, 2.24) is 15.1 Å². The Hall–Kier alpha value is -1.34. The Kier molecular flexibility index (Phi) is 7.61. The zero-order chi connectivity index (χ0) is 16.6. The van der Waals surface area contributed by atoms with Gasteiger partial charge in [-0.3, -0.25) is 9.69 Å². The normalized spacial score (nSPS) is 17.2. The molecule has 7 heteroatoms. The quantitative estimate of drug-likeness (QED) is 0.729. The summed E-state index contributed by atoms with van der Waals surface area (Å²) in [6.07, 6.45) is 0.565. The molecule has 0 atom stereocenters. The predicted molar refractivity (Wildman–Crippen MR) is 84.0 cm³/mol. The first kappa shape index (κ1) is 18.7. The third-order valence-electron chi connectivity index (χ3n) is 3.43. The van der Waals surface area contributed by atoms with Crippen LogP contribution in [-0.4, -0.2) is 78.4 Å². The van der Waals surface area contributed by atoms with E-state index in [1.807, 2.05) is 20.8 Å². The van der Waals surface area contributed by atoms with Crippen LogP contribution in [0.25, 0.3) is 0 Å².